The molecule has 112 valence electrons. The van der Waals surface area contributed by atoms with E-state index >= 15 is 0 Å². The van der Waals surface area contributed by atoms with Crippen molar-refractivity contribution in [2.75, 3.05) is 10.8 Å². The van der Waals surface area contributed by atoms with Crippen molar-refractivity contribution in [2.24, 2.45) is 0 Å². The standard InChI is InChI=1S/C14H12Cl2FNO2S/c1-2-18(11-5-8-14(17)13(16)9-11)21(19,20)12-6-3-10(15)4-7-12/h3-9H,2H2,1H3. The summed E-state index contributed by atoms with van der Waals surface area (Å²) < 4.78 is 39.6. The number of sulfonamides is 1. The minimum atomic E-state index is -3.76. The fraction of sp³-hybridized carbons (Fsp3) is 0.143. The molecule has 0 fully saturated rings. The number of hydrogen-bond donors (Lipinski definition) is 0. The summed E-state index contributed by atoms with van der Waals surface area (Å²) in [5.41, 5.74) is 0.304. The van der Waals surface area contributed by atoms with E-state index in [1.54, 1.807) is 6.92 Å². The lowest BCUT2D eigenvalue weighted by Crippen LogP contribution is -2.30. The molecule has 0 saturated heterocycles. The minimum Gasteiger partial charge on any atom is -0.267 e. The third-order valence-corrected chi connectivity index (χ3v) is 5.34. The van der Waals surface area contributed by atoms with Crippen molar-refractivity contribution in [3.63, 3.8) is 0 Å². The van der Waals surface area contributed by atoms with Crippen LogP contribution in [0.25, 0.3) is 0 Å². The van der Waals surface area contributed by atoms with Crippen LogP contribution >= 0.6 is 23.2 Å². The zero-order chi connectivity index (χ0) is 15.6. The summed E-state index contributed by atoms with van der Waals surface area (Å²) in [6, 6.07) is 9.64. The maximum absolute atomic E-state index is 13.2. The molecule has 7 heteroatoms. The van der Waals surface area contributed by atoms with Crippen molar-refractivity contribution in [1.82, 2.24) is 0 Å². The normalized spacial score (nSPS) is 11.4. The number of benzene rings is 2. The molecule has 2 aromatic carbocycles. The second-order valence-electron chi connectivity index (χ2n) is 4.22. The van der Waals surface area contributed by atoms with Crippen LogP contribution in [0.1, 0.15) is 6.92 Å². The molecule has 0 radical (unpaired) electrons. The maximum Gasteiger partial charge on any atom is 0.264 e. The van der Waals surface area contributed by atoms with Gasteiger partial charge < -0.3 is 0 Å². The van der Waals surface area contributed by atoms with E-state index < -0.39 is 15.8 Å². The topological polar surface area (TPSA) is 37.4 Å². The Morgan fingerprint density at radius 3 is 2.24 bits per heavy atom. The highest BCUT2D eigenvalue weighted by atomic mass is 35.5. The Morgan fingerprint density at radius 1 is 1.10 bits per heavy atom. The van der Waals surface area contributed by atoms with Gasteiger partial charge in [-0.1, -0.05) is 23.2 Å². The van der Waals surface area contributed by atoms with Crippen molar-refractivity contribution in [3.8, 4) is 0 Å². The van der Waals surface area contributed by atoms with Gasteiger partial charge in [-0.05, 0) is 49.4 Å². The van der Waals surface area contributed by atoms with Gasteiger partial charge in [-0.25, -0.2) is 12.8 Å². The second kappa shape index (κ2) is 6.22. The SMILES string of the molecule is CCN(c1ccc(F)c(Cl)c1)S(=O)(=O)c1ccc(Cl)cc1. The van der Waals surface area contributed by atoms with Gasteiger partial charge in [0.15, 0.2) is 0 Å². The highest BCUT2D eigenvalue weighted by molar-refractivity contribution is 7.92. The highest BCUT2D eigenvalue weighted by Crippen LogP contribution is 2.27. The minimum absolute atomic E-state index is 0.106. The Labute approximate surface area is 133 Å². The molecule has 0 atom stereocenters. The molecule has 0 aliphatic rings. The zero-order valence-corrected chi connectivity index (χ0v) is 13.4. The third kappa shape index (κ3) is 3.31. The van der Waals surface area contributed by atoms with E-state index in [2.05, 4.69) is 0 Å². The molecule has 3 nitrogen and oxygen atoms in total. The van der Waals surface area contributed by atoms with Gasteiger partial charge >= 0.3 is 0 Å². The lowest BCUT2D eigenvalue weighted by atomic mass is 10.3. The molecule has 0 unspecified atom stereocenters. The number of hydrogen-bond acceptors (Lipinski definition) is 2. The zero-order valence-electron chi connectivity index (χ0n) is 11.1. The van der Waals surface area contributed by atoms with Crippen molar-refractivity contribution < 1.29 is 12.8 Å². The van der Waals surface area contributed by atoms with Crippen LogP contribution in [0.2, 0.25) is 10.0 Å². The summed E-state index contributed by atoms with van der Waals surface area (Å²) in [4.78, 5) is 0.106. The van der Waals surface area contributed by atoms with Crippen LogP contribution in [0.5, 0.6) is 0 Å². The third-order valence-electron chi connectivity index (χ3n) is 2.88. The van der Waals surface area contributed by atoms with Crippen LogP contribution in [0.4, 0.5) is 10.1 Å². The average Bonchev–Trinajstić information content (AvgIpc) is 2.44. The predicted molar refractivity (Wildman–Crippen MR) is 83.1 cm³/mol. The van der Waals surface area contributed by atoms with Crippen LogP contribution in [0.3, 0.4) is 0 Å². The molecular weight excluding hydrogens is 336 g/mol. The lowest BCUT2D eigenvalue weighted by Gasteiger charge is -2.23. The van der Waals surface area contributed by atoms with Gasteiger partial charge in [0.1, 0.15) is 5.82 Å². The number of rotatable bonds is 4. The van der Waals surface area contributed by atoms with Crippen molar-refractivity contribution in [2.45, 2.75) is 11.8 Å². The molecule has 2 aromatic rings. The van der Waals surface area contributed by atoms with Crippen molar-refractivity contribution >= 4 is 38.9 Å². The first-order chi connectivity index (χ1) is 9.86. The lowest BCUT2D eigenvalue weighted by molar-refractivity contribution is 0.591. The Bertz CT molecular complexity index is 748. The van der Waals surface area contributed by atoms with E-state index in [9.17, 15) is 12.8 Å². The maximum atomic E-state index is 13.2. The summed E-state index contributed by atoms with van der Waals surface area (Å²) in [5.74, 6) is -0.597. The average molecular weight is 348 g/mol. The van der Waals surface area contributed by atoms with Crippen LogP contribution in [-0.2, 0) is 10.0 Å². The molecule has 0 aliphatic heterocycles. The van der Waals surface area contributed by atoms with E-state index in [1.165, 1.54) is 36.4 Å². The van der Waals surface area contributed by atoms with Crippen molar-refractivity contribution in [1.29, 1.82) is 0 Å². The molecule has 21 heavy (non-hydrogen) atoms. The van der Waals surface area contributed by atoms with Gasteiger partial charge in [0, 0.05) is 11.6 Å². The molecule has 0 aromatic heterocycles. The first-order valence-electron chi connectivity index (χ1n) is 6.09. The summed E-state index contributed by atoms with van der Waals surface area (Å²) >= 11 is 11.5. The summed E-state index contributed by atoms with van der Waals surface area (Å²) in [6.07, 6.45) is 0. The summed E-state index contributed by atoms with van der Waals surface area (Å²) in [5, 5.41) is 0.319. The van der Waals surface area contributed by atoms with Crippen LogP contribution in [0.15, 0.2) is 47.4 Å². The van der Waals surface area contributed by atoms with Crippen LogP contribution in [-0.4, -0.2) is 15.0 Å². The van der Waals surface area contributed by atoms with E-state index in [1.807, 2.05) is 0 Å². The smallest absolute Gasteiger partial charge is 0.264 e. The first kappa shape index (κ1) is 16.1. The number of nitrogens with zero attached hydrogens (tertiary/aromatic N) is 1. The molecule has 0 spiro atoms. The number of anilines is 1. The molecule has 0 aliphatic carbocycles. The fourth-order valence-corrected chi connectivity index (χ4v) is 3.63. The van der Waals surface area contributed by atoms with E-state index in [0.717, 1.165) is 10.4 Å². The van der Waals surface area contributed by atoms with E-state index in [-0.39, 0.29) is 16.5 Å². The molecule has 2 rings (SSSR count). The predicted octanol–water partition coefficient (Wildman–Crippen LogP) is 4.35. The Kier molecular flexibility index (Phi) is 4.76. The van der Waals surface area contributed by atoms with Gasteiger partial charge in [0.05, 0.1) is 15.6 Å². The van der Waals surface area contributed by atoms with Gasteiger partial charge in [0.2, 0.25) is 0 Å². The van der Waals surface area contributed by atoms with Crippen LogP contribution in [0, 0.1) is 5.82 Å². The molecule has 0 saturated carbocycles. The van der Waals surface area contributed by atoms with E-state index in [0.29, 0.717) is 10.7 Å². The molecule has 0 N–H and O–H groups in total. The van der Waals surface area contributed by atoms with Crippen molar-refractivity contribution in [3.05, 3.63) is 58.3 Å². The fourth-order valence-electron chi connectivity index (χ4n) is 1.87. The van der Waals surface area contributed by atoms with Gasteiger partial charge in [0.25, 0.3) is 10.0 Å². The molecule has 0 heterocycles. The molecule has 0 amide bonds. The first-order valence-corrected chi connectivity index (χ1v) is 8.29. The number of halogens is 3. The van der Waals surface area contributed by atoms with Crippen LogP contribution < -0.4 is 4.31 Å². The van der Waals surface area contributed by atoms with E-state index in [4.69, 9.17) is 23.2 Å². The highest BCUT2D eigenvalue weighted by Gasteiger charge is 2.24. The van der Waals surface area contributed by atoms with Gasteiger partial charge in [-0.15, -0.1) is 0 Å². The molecular formula is C14H12Cl2FNO2S. The Balaban J connectivity index is 2.48. The quantitative estimate of drug-likeness (QED) is 0.824. The second-order valence-corrected chi connectivity index (χ2v) is 6.93. The summed E-state index contributed by atoms with van der Waals surface area (Å²) in [7, 11) is -3.76. The summed E-state index contributed by atoms with van der Waals surface area (Å²) in [6.45, 7) is 1.87. The Morgan fingerprint density at radius 2 is 1.71 bits per heavy atom. The van der Waals surface area contributed by atoms with Gasteiger partial charge in [-0.2, -0.15) is 0 Å². The largest absolute Gasteiger partial charge is 0.267 e. The monoisotopic (exact) mass is 347 g/mol. The molecule has 0 bridgehead atoms. The van der Waals surface area contributed by atoms with Gasteiger partial charge in [-0.3, -0.25) is 4.31 Å². The Hall–Kier alpha value is -1.30.